The first-order valence-corrected chi connectivity index (χ1v) is 4.69. The molecule has 0 bridgehead atoms. The fourth-order valence-corrected chi connectivity index (χ4v) is 1.15. The van der Waals surface area contributed by atoms with Gasteiger partial charge in [0.15, 0.2) is 0 Å². The zero-order valence-electron chi connectivity index (χ0n) is 8.51. The summed E-state index contributed by atoms with van der Waals surface area (Å²) in [5.41, 5.74) is 0. The Bertz CT molecular complexity index is 327. The second-order valence-electron chi connectivity index (χ2n) is 2.78. The van der Waals surface area contributed by atoms with Crippen LogP contribution in [-0.2, 0) is 4.79 Å². The van der Waals surface area contributed by atoms with E-state index in [2.05, 4.69) is 10.3 Å². The van der Waals surface area contributed by atoms with Gasteiger partial charge in [-0.1, -0.05) is 6.07 Å². The molecule has 0 unspecified atom stereocenters. The molecule has 0 aliphatic rings. The van der Waals surface area contributed by atoms with E-state index in [1.165, 1.54) is 4.90 Å². The maximum absolute atomic E-state index is 11.5. The van der Waals surface area contributed by atoms with Gasteiger partial charge in [0, 0.05) is 12.7 Å². The van der Waals surface area contributed by atoms with Gasteiger partial charge in [-0.25, -0.2) is 9.78 Å². The van der Waals surface area contributed by atoms with Gasteiger partial charge in [-0.3, -0.25) is 4.90 Å². The number of nitrogens with zero attached hydrogens (tertiary/aromatic N) is 2. The Kier molecular flexibility index (Phi) is 4.28. The van der Waals surface area contributed by atoms with Crippen LogP contribution in [-0.4, -0.2) is 30.4 Å². The number of hydrogen-bond donors (Lipinski definition) is 1. The molecule has 0 radical (unpaired) electrons. The van der Waals surface area contributed by atoms with E-state index in [0.717, 1.165) is 0 Å². The molecule has 2 amide bonds. The Morgan fingerprint density at radius 2 is 2.40 bits per heavy atom. The average Bonchev–Trinajstić information content (AvgIpc) is 2.29. The molecule has 15 heavy (non-hydrogen) atoms. The maximum atomic E-state index is 11.5. The molecule has 0 aromatic carbocycles. The fraction of sp³-hybridized carbons (Fsp3) is 0.300. The van der Waals surface area contributed by atoms with Gasteiger partial charge in [0.05, 0.1) is 6.54 Å². The van der Waals surface area contributed by atoms with Crippen LogP contribution in [0.3, 0.4) is 0 Å². The summed E-state index contributed by atoms with van der Waals surface area (Å²) in [4.78, 5) is 27.2. The topological polar surface area (TPSA) is 62.3 Å². The molecule has 0 aliphatic heterocycles. The van der Waals surface area contributed by atoms with E-state index < -0.39 is 0 Å². The van der Waals surface area contributed by atoms with E-state index >= 15 is 0 Å². The first-order chi connectivity index (χ1) is 7.29. The maximum Gasteiger partial charge on any atom is 0.323 e. The van der Waals surface area contributed by atoms with Crippen molar-refractivity contribution >= 4 is 18.1 Å². The van der Waals surface area contributed by atoms with Crippen molar-refractivity contribution in [3.63, 3.8) is 0 Å². The Morgan fingerprint density at radius 3 is 2.93 bits per heavy atom. The molecule has 1 rings (SSSR count). The SMILES string of the molecule is CCN(C(=O)NCC=O)c1ccccn1. The highest BCUT2D eigenvalue weighted by molar-refractivity contribution is 5.91. The molecule has 5 heteroatoms. The molecule has 0 aliphatic carbocycles. The molecule has 0 saturated carbocycles. The van der Waals surface area contributed by atoms with Crippen LogP contribution in [0.25, 0.3) is 0 Å². The number of aromatic nitrogens is 1. The van der Waals surface area contributed by atoms with Crippen molar-refractivity contribution in [2.75, 3.05) is 18.0 Å². The van der Waals surface area contributed by atoms with Gasteiger partial charge in [-0.05, 0) is 19.1 Å². The number of anilines is 1. The van der Waals surface area contributed by atoms with Gasteiger partial charge < -0.3 is 10.1 Å². The molecule has 1 heterocycles. The van der Waals surface area contributed by atoms with Crippen molar-refractivity contribution in [3.05, 3.63) is 24.4 Å². The summed E-state index contributed by atoms with van der Waals surface area (Å²) >= 11 is 0. The van der Waals surface area contributed by atoms with E-state index in [9.17, 15) is 9.59 Å². The standard InChI is InChI=1S/C10H13N3O2/c1-2-13(10(15)12-7-8-14)9-5-3-4-6-11-9/h3-6,8H,2,7H2,1H3,(H,12,15). The minimum atomic E-state index is -0.316. The van der Waals surface area contributed by atoms with Crippen molar-refractivity contribution in [2.24, 2.45) is 0 Å². The average molecular weight is 207 g/mol. The molecule has 80 valence electrons. The summed E-state index contributed by atoms with van der Waals surface area (Å²) in [5, 5.41) is 2.46. The lowest BCUT2D eigenvalue weighted by atomic mass is 10.4. The van der Waals surface area contributed by atoms with Crippen LogP contribution in [0, 0.1) is 0 Å². The van der Waals surface area contributed by atoms with Gasteiger partial charge in [-0.15, -0.1) is 0 Å². The molecular weight excluding hydrogens is 194 g/mol. The largest absolute Gasteiger partial charge is 0.331 e. The number of urea groups is 1. The minimum absolute atomic E-state index is 0.0160. The van der Waals surface area contributed by atoms with Crippen LogP contribution < -0.4 is 10.2 Å². The zero-order chi connectivity index (χ0) is 11.1. The smallest absolute Gasteiger partial charge is 0.323 e. The van der Waals surface area contributed by atoms with E-state index in [4.69, 9.17) is 0 Å². The quantitative estimate of drug-likeness (QED) is 0.743. The van der Waals surface area contributed by atoms with Crippen molar-refractivity contribution in [1.82, 2.24) is 10.3 Å². The monoisotopic (exact) mass is 207 g/mol. The molecule has 1 N–H and O–H groups in total. The van der Waals surface area contributed by atoms with Gasteiger partial charge >= 0.3 is 6.03 Å². The Morgan fingerprint density at radius 1 is 1.60 bits per heavy atom. The van der Waals surface area contributed by atoms with Crippen LogP contribution in [0.4, 0.5) is 10.6 Å². The number of carbonyl (C=O) groups excluding carboxylic acids is 2. The van der Waals surface area contributed by atoms with Crippen LogP contribution in [0.15, 0.2) is 24.4 Å². The lowest BCUT2D eigenvalue weighted by Gasteiger charge is -2.19. The number of nitrogens with one attached hydrogen (secondary N) is 1. The van der Waals surface area contributed by atoms with Crippen LogP contribution >= 0.6 is 0 Å². The van der Waals surface area contributed by atoms with Crippen LogP contribution in [0.2, 0.25) is 0 Å². The number of amides is 2. The molecule has 0 spiro atoms. The molecule has 0 saturated heterocycles. The predicted octanol–water partition coefficient (Wildman–Crippen LogP) is 0.816. The highest BCUT2D eigenvalue weighted by Gasteiger charge is 2.13. The van der Waals surface area contributed by atoms with E-state index in [1.54, 1.807) is 24.4 Å². The molecular formula is C10H13N3O2. The highest BCUT2D eigenvalue weighted by atomic mass is 16.2. The summed E-state index contributed by atoms with van der Waals surface area (Å²) < 4.78 is 0. The Hall–Kier alpha value is -1.91. The van der Waals surface area contributed by atoms with Crippen molar-refractivity contribution < 1.29 is 9.59 Å². The Balaban J connectivity index is 2.71. The molecule has 1 aromatic heterocycles. The Labute approximate surface area is 88.1 Å². The summed E-state index contributed by atoms with van der Waals surface area (Å²) in [6, 6.07) is 5.01. The van der Waals surface area contributed by atoms with Gasteiger partial charge in [0.2, 0.25) is 0 Å². The second-order valence-corrected chi connectivity index (χ2v) is 2.78. The summed E-state index contributed by atoms with van der Waals surface area (Å²) in [6.07, 6.45) is 2.26. The molecule has 5 nitrogen and oxygen atoms in total. The number of carbonyl (C=O) groups is 2. The number of hydrogen-bond acceptors (Lipinski definition) is 3. The first-order valence-electron chi connectivity index (χ1n) is 4.69. The van der Waals surface area contributed by atoms with Crippen molar-refractivity contribution in [1.29, 1.82) is 0 Å². The van der Waals surface area contributed by atoms with Crippen LogP contribution in [0.5, 0.6) is 0 Å². The molecule has 0 fully saturated rings. The summed E-state index contributed by atoms with van der Waals surface area (Å²) in [5.74, 6) is 0.573. The number of rotatable bonds is 4. The molecule has 1 aromatic rings. The summed E-state index contributed by atoms with van der Waals surface area (Å²) in [6.45, 7) is 2.36. The number of aldehydes is 1. The zero-order valence-corrected chi connectivity index (χ0v) is 8.51. The first kappa shape index (κ1) is 11.2. The minimum Gasteiger partial charge on any atom is -0.331 e. The third-order valence-corrected chi connectivity index (χ3v) is 1.82. The van der Waals surface area contributed by atoms with E-state index in [1.807, 2.05) is 6.92 Å². The predicted molar refractivity (Wildman–Crippen MR) is 56.7 cm³/mol. The lowest BCUT2D eigenvalue weighted by Crippen LogP contribution is -2.41. The van der Waals surface area contributed by atoms with Gasteiger partial charge in [0.25, 0.3) is 0 Å². The van der Waals surface area contributed by atoms with Gasteiger partial charge in [-0.2, -0.15) is 0 Å². The third-order valence-electron chi connectivity index (χ3n) is 1.82. The van der Waals surface area contributed by atoms with E-state index in [-0.39, 0.29) is 12.6 Å². The third kappa shape index (κ3) is 3.05. The molecule has 0 atom stereocenters. The van der Waals surface area contributed by atoms with E-state index in [0.29, 0.717) is 18.6 Å². The lowest BCUT2D eigenvalue weighted by molar-refractivity contribution is -0.107. The second kappa shape index (κ2) is 5.74. The summed E-state index contributed by atoms with van der Waals surface area (Å²) in [7, 11) is 0. The number of pyridine rings is 1. The fourth-order valence-electron chi connectivity index (χ4n) is 1.15. The highest BCUT2D eigenvalue weighted by Crippen LogP contribution is 2.08. The van der Waals surface area contributed by atoms with Crippen molar-refractivity contribution in [2.45, 2.75) is 6.92 Å². The van der Waals surface area contributed by atoms with Crippen molar-refractivity contribution in [3.8, 4) is 0 Å². The van der Waals surface area contributed by atoms with Crippen LogP contribution in [0.1, 0.15) is 6.92 Å². The van der Waals surface area contributed by atoms with Gasteiger partial charge in [0.1, 0.15) is 12.1 Å². The normalized spacial score (nSPS) is 9.40.